The molecule has 1 aromatic rings. The molecule has 0 unspecified atom stereocenters. The van der Waals surface area contributed by atoms with Gasteiger partial charge >= 0.3 is 0 Å². The van der Waals surface area contributed by atoms with E-state index < -0.39 is 0 Å². The van der Waals surface area contributed by atoms with Crippen molar-refractivity contribution in [2.24, 2.45) is 0 Å². The summed E-state index contributed by atoms with van der Waals surface area (Å²) in [5.74, 6) is 0. The van der Waals surface area contributed by atoms with Crippen molar-refractivity contribution in [3.63, 3.8) is 0 Å². The number of methoxy groups -OCH3 is 1. The molecular formula is C16H29N3O2. The standard InChI is InChI=1S/C16H29N3O2/c1-5-19-14(3)16(13(2)17-19)12-18-8-6-15(7-9-18)21-11-10-20-4/h15H,5-12H2,1-4H3. The Kier molecular flexibility index (Phi) is 6.21. The topological polar surface area (TPSA) is 39.5 Å². The van der Waals surface area contributed by atoms with Crippen LogP contribution in [0.15, 0.2) is 0 Å². The predicted octanol–water partition coefficient (Wildman–Crippen LogP) is 2.15. The maximum atomic E-state index is 5.82. The van der Waals surface area contributed by atoms with E-state index in [-0.39, 0.29) is 0 Å². The Bertz CT molecular complexity index is 437. The second-order valence-electron chi connectivity index (χ2n) is 5.80. The van der Waals surface area contributed by atoms with Crippen LogP contribution in [-0.4, -0.2) is 54.2 Å². The summed E-state index contributed by atoms with van der Waals surface area (Å²) < 4.78 is 13.0. The highest BCUT2D eigenvalue weighted by atomic mass is 16.5. The molecule has 0 aliphatic carbocycles. The van der Waals surface area contributed by atoms with Gasteiger partial charge in [-0.3, -0.25) is 9.58 Å². The second-order valence-corrected chi connectivity index (χ2v) is 5.80. The van der Waals surface area contributed by atoms with Crippen molar-refractivity contribution in [3.8, 4) is 0 Å². The van der Waals surface area contributed by atoms with Crippen LogP contribution in [-0.2, 0) is 22.6 Å². The Morgan fingerprint density at radius 2 is 1.90 bits per heavy atom. The molecule has 0 radical (unpaired) electrons. The van der Waals surface area contributed by atoms with Crippen LogP contribution >= 0.6 is 0 Å². The van der Waals surface area contributed by atoms with Crippen molar-refractivity contribution in [3.05, 3.63) is 17.0 Å². The first-order valence-electron chi connectivity index (χ1n) is 8.01. The number of nitrogens with zero attached hydrogens (tertiary/aromatic N) is 3. The molecule has 0 bridgehead atoms. The summed E-state index contributed by atoms with van der Waals surface area (Å²) >= 11 is 0. The molecule has 1 aliphatic heterocycles. The molecule has 5 nitrogen and oxygen atoms in total. The molecule has 0 aromatic carbocycles. The van der Waals surface area contributed by atoms with Crippen molar-refractivity contribution >= 4 is 0 Å². The zero-order chi connectivity index (χ0) is 15.2. The number of ether oxygens (including phenoxy) is 2. The number of rotatable bonds is 7. The van der Waals surface area contributed by atoms with Gasteiger partial charge in [0.15, 0.2) is 0 Å². The lowest BCUT2D eigenvalue weighted by atomic mass is 10.1. The predicted molar refractivity (Wildman–Crippen MR) is 83.5 cm³/mol. The summed E-state index contributed by atoms with van der Waals surface area (Å²) in [6.45, 7) is 12.0. The largest absolute Gasteiger partial charge is 0.382 e. The Morgan fingerprint density at radius 1 is 1.19 bits per heavy atom. The third-order valence-electron chi connectivity index (χ3n) is 4.39. The van der Waals surface area contributed by atoms with E-state index in [4.69, 9.17) is 9.47 Å². The highest BCUT2D eigenvalue weighted by Gasteiger charge is 2.21. The summed E-state index contributed by atoms with van der Waals surface area (Å²) in [5, 5.41) is 4.61. The minimum atomic E-state index is 0.400. The van der Waals surface area contributed by atoms with Gasteiger partial charge in [-0.2, -0.15) is 5.10 Å². The molecule has 0 amide bonds. The molecule has 5 heteroatoms. The molecule has 2 heterocycles. The Hall–Kier alpha value is -0.910. The molecule has 0 N–H and O–H groups in total. The molecule has 0 atom stereocenters. The SMILES string of the molecule is CCn1nc(C)c(CN2CCC(OCCOC)CC2)c1C. The third kappa shape index (κ3) is 4.28. The fraction of sp³-hybridized carbons (Fsp3) is 0.812. The maximum absolute atomic E-state index is 5.82. The van der Waals surface area contributed by atoms with Crippen LogP contribution in [0.1, 0.15) is 36.7 Å². The Balaban J connectivity index is 1.82. The molecule has 2 rings (SSSR count). The van der Waals surface area contributed by atoms with E-state index in [0.29, 0.717) is 19.3 Å². The van der Waals surface area contributed by atoms with Crippen LogP contribution in [0.5, 0.6) is 0 Å². The summed E-state index contributed by atoms with van der Waals surface area (Å²) in [7, 11) is 1.72. The van der Waals surface area contributed by atoms with Crippen molar-refractivity contribution < 1.29 is 9.47 Å². The second kappa shape index (κ2) is 7.92. The highest BCUT2D eigenvalue weighted by molar-refractivity contribution is 5.24. The zero-order valence-corrected chi connectivity index (χ0v) is 13.9. The monoisotopic (exact) mass is 295 g/mol. The lowest BCUT2D eigenvalue weighted by Gasteiger charge is -2.32. The normalized spacial score (nSPS) is 17.5. The molecule has 1 saturated heterocycles. The molecule has 21 heavy (non-hydrogen) atoms. The van der Waals surface area contributed by atoms with Gasteiger partial charge in [-0.1, -0.05) is 0 Å². The van der Waals surface area contributed by atoms with Crippen LogP contribution < -0.4 is 0 Å². The Labute approximate surface area is 128 Å². The number of piperidine rings is 1. The zero-order valence-electron chi connectivity index (χ0n) is 13.9. The summed E-state index contributed by atoms with van der Waals surface area (Å²) in [6, 6.07) is 0. The lowest BCUT2D eigenvalue weighted by molar-refractivity contribution is -0.0158. The van der Waals surface area contributed by atoms with Crippen LogP contribution in [0, 0.1) is 13.8 Å². The van der Waals surface area contributed by atoms with Crippen LogP contribution in [0.4, 0.5) is 0 Å². The van der Waals surface area contributed by atoms with E-state index in [0.717, 1.165) is 39.0 Å². The number of likely N-dealkylation sites (tertiary alicyclic amines) is 1. The van der Waals surface area contributed by atoms with Gasteiger partial charge < -0.3 is 9.47 Å². The number of hydrogen-bond donors (Lipinski definition) is 0. The van der Waals surface area contributed by atoms with Crippen LogP contribution in [0.2, 0.25) is 0 Å². The van der Waals surface area contributed by atoms with Gasteiger partial charge in [0.1, 0.15) is 0 Å². The molecule has 0 saturated carbocycles. The fourth-order valence-electron chi connectivity index (χ4n) is 3.03. The number of aryl methyl sites for hydroxylation is 2. The molecule has 1 aliphatic rings. The Morgan fingerprint density at radius 3 is 2.48 bits per heavy atom. The lowest BCUT2D eigenvalue weighted by Crippen LogP contribution is -2.37. The number of hydrogen-bond acceptors (Lipinski definition) is 4. The first-order valence-corrected chi connectivity index (χ1v) is 8.01. The van der Waals surface area contributed by atoms with Gasteiger partial charge in [0, 0.05) is 44.5 Å². The first-order chi connectivity index (χ1) is 10.2. The van der Waals surface area contributed by atoms with E-state index in [2.05, 4.69) is 35.5 Å². The van der Waals surface area contributed by atoms with Crippen LogP contribution in [0.25, 0.3) is 0 Å². The first kappa shape index (κ1) is 16.5. The smallest absolute Gasteiger partial charge is 0.0704 e. The molecule has 1 aromatic heterocycles. The molecule has 120 valence electrons. The number of aromatic nitrogens is 2. The minimum Gasteiger partial charge on any atom is -0.382 e. The maximum Gasteiger partial charge on any atom is 0.0704 e. The van der Waals surface area contributed by atoms with Crippen LogP contribution in [0.3, 0.4) is 0 Å². The van der Waals surface area contributed by atoms with E-state index in [9.17, 15) is 0 Å². The van der Waals surface area contributed by atoms with Gasteiger partial charge in [0.2, 0.25) is 0 Å². The van der Waals surface area contributed by atoms with Gasteiger partial charge in [0.05, 0.1) is 25.0 Å². The van der Waals surface area contributed by atoms with E-state index in [1.165, 1.54) is 17.0 Å². The average Bonchev–Trinajstić information content (AvgIpc) is 2.76. The summed E-state index contributed by atoms with van der Waals surface area (Å²) in [6.07, 6.45) is 2.63. The van der Waals surface area contributed by atoms with Crippen molar-refractivity contribution in [2.45, 2.75) is 52.8 Å². The van der Waals surface area contributed by atoms with E-state index in [1.54, 1.807) is 7.11 Å². The van der Waals surface area contributed by atoms with E-state index >= 15 is 0 Å². The molecule has 0 spiro atoms. The molecule has 1 fully saturated rings. The average molecular weight is 295 g/mol. The molecular weight excluding hydrogens is 266 g/mol. The van der Waals surface area contributed by atoms with Gasteiger partial charge in [0.25, 0.3) is 0 Å². The quantitative estimate of drug-likeness (QED) is 0.723. The van der Waals surface area contributed by atoms with Gasteiger partial charge in [-0.25, -0.2) is 0 Å². The van der Waals surface area contributed by atoms with Gasteiger partial charge in [-0.05, 0) is 33.6 Å². The fourth-order valence-corrected chi connectivity index (χ4v) is 3.03. The minimum absolute atomic E-state index is 0.400. The van der Waals surface area contributed by atoms with Crippen molar-refractivity contribution in [2.75, 3.05) is 33.4 Å². The summed E-state index contributed by atoms with van der Waals surface area (Å²) in [5.41, 5.74) is 3.89. The third-order valence-corrected chi connectivity index (χ3v) is 4.39. The highest BCUT2D eigenvalue weighted by Crippen LogP contribution is 2.20. The van der Waals surface area contributed by atoms with Gasteiger partial charge in [-0.15, -0.1) is 0 Å². The van der Waals surface area contributed by atoms with Crippen molar-refractivity contribution in [1.29, 1.82) is 0 Å². The summed E-state index contributed by atoms with van der Waals surface area (Å²) in [4.78, 5) is 2.52. The van der Waals surface area contributed by atoms with Crippen molar-refractivity contribution in [1.82, 2.24) is 14.7 Å². The van der Waals surface area contributed by atoms with E-state index in [1.807, 2.05) is 0 Å².